The summed E-state index contributed by atoms with van der Waals surface area (Å²) in [5.74, 6) is 0.621. The molecule has 263 valence electrons. The normalized spacial score (nSPS) is 15.2. The zero-order valence-corrected chi connectivity index (χ0v) is 32.6. The van der Waals surface area contributed by atoms with Crippen molar-refractivity contribution in [3.05, 3.63) is 209 Å². The van der Waals surface area contributed by atoms with Crippen LogP contribution in [0.4, 0.5) is 22.7 Å². The van der Waals surface area contributed by atoms with Crippen LogP contribution in [0.1, 0.15) is 78.5 Å². The lowest BCUT2D eigenvalue weighted by Crippen LogP contribution is -2.46. The number of benzene rings is 7. The average molecular weight is 734 g/mol. The molecule has 0 saturated heterocycles. The summed E-state index contributed by atoms with van der Waals surface area (Å²) in [6.07, 6.45) is 0. The molecule has 7 aromatic carbocycles. The SMILES string of the molecule is CC(C)c1cccc(C(C)C)c1N1[C](c2cc3c4c(c2)Sc2ccccc2N4c2ccccc2S3)c2ccccc2C1(c1ccccc1)c1ccccc1. The summed E-state index contributed by atoms with van der Waals surface area (Å²) in [5, 5.41) is 0. The molecular formula is C50H41N2S2. The van der Waals surface area contributed by atoms with Gasteiger partial charge in [0.15, 0.2) is 0 Å². The van der Waals surface area contributed by atoms with Crippen LogP contribution < -0.4 is 9.80 Å². The second-order valence-corrected chi connectivity index (χ2v) is 17.2. The van der Waals surface area contributed by atoms with E-state index in [0.717, 1.165) is 0 Å². The van der Waals surface area contributed by atoms with Crippen LogP contribution in [0.3, 0.4) is 0 Å². The summed E-state index contributed by atoms with van der Waals surface area (Å²) in [5.41, 5.74) is 13.5. The first-order chi connectivity index (χ1) is 26.5. The monoisotopic (exact) mass is 733 g/mol. The highest BCUT2D eigenvalue weighted by Crippen LogP contribution is 2.63. The van der Waals surface area contributed by atoms with E-state index in [0.29, 0.717) is 11.8 Å². The van der Waals surface area contributed by atoms with Crippen LogP contribution >= 0.6 is 23.5 Å². The van der Waals surface area contributed by atoms with Crippen molar-refractivity contribution in [3.8, 4) is 0 Å². The maximum Gasteiger partial charge on any atom is 0.124 e. The van der Waals surface area contributed by atoms with E-state index in [1.807, 2.05) is 23.5 Å². The molecule has 0 aromatic heterocycles. The van der Waals surface area contributed by atoms with E-state index < -0.39 is 5.54 Å². The molecule has 0 unspecified atom stereocenters. The molecule has 0 N–H and O–H groups in total. The number of rotatable bonds is 6. The van der Waals surface area contributed by atoms with Crippen LogP contribution in [0.5, 0.6) is 0 Å². The lowest BCUT2D eigenvalue weighted by molar-refractivity contribution is 0.613. The molecule has 0 amide bonds. The Morgan fingerprint density at radius 1 is 0.463 bits per heavy atom. The second-order valence-electron chi connectivity index (χ2n) is 15.1. The first-order valence-corrected chi connectivity index (χ1v) is 20.6. The van der Waals surface area contributed by atoms with Gasteiger partial charge in [0, 0.05) is 25.3 Å². The fourth-order valence-corrected chi connectivity index (χ4v) is 11.3. The van der Waals surface area contributed by atoms with E-state index in [1.165, 1.54) is 87.3 Å². The van der Waals surface area contributed by atoms with E-state index >= 15 is 0 Å². The molecule has 10 rings (SSSR count). The molecule has 7 aromatic rings. The van der Waals surface area contributed by atoms with Gasteiger partial charge in [0.25, 0.3) is 0 Å². The highest BCUT2D eigenvalue weighted by molar-refractivity contribution is 8.00. The van der Waals surface area contributed by atoms with Gasteiger partial charge in [-0.3, -0.25) is 0 Å². The standard InChI is InChI=1S/C50H41N2S2/c1-32(2)37-23-17-24-38(33(3)4)48(37)52-47(39-22-11-12-25-40(39)50(52,35-18-7-5-8-19-35)36-20-9-6-10-21-36)34-30-45-49-46(31-34)54-44-29-16-14-27-42(44)51(49)41-26-13-15-28-43(41)53-45/h5-33H,1-4H3. The van der Waals surface area contributed by atoms with Crippen LogP contribution in [0.25, 0.3) is 0 Å². The summed E-state index contributed by atoms with van der Waals surface area (Å²) in [4.78, 5) is 10.4. The van der Waals surface area contributed by atoms with E-state index in [2.05, 4.69) is 201 Å². The average Bonchev–Trinajstić information content (AvgIpc) is 3.52. The Hall–Kier alpha value is -5.16. The van der Waals surface area contributed by atoms with Crippen molar-refractivity contribution >= 4 is 46.3 Å². The van der Waals surface area contributed by atoms with Gasteiger partial charge in [0.05, 0.1) is 17.1 Å². The Labute approximate surface area is 327 Å². The number of anilines is 4. The Balaban J connectivity index is 1.32. The molecule has 0 spiro atoms. The zero-order valence-electron chi connectivity index (χ0n) is 31.0. The van der Waals surface area contributed by atoms with Gasteiger partial charge in [-0.05, 0) is 87.2 Å². The maximum absolute atomic E-state index is 2.77. The van der Waals surface area contributed by atoms with Crippen molar-refractivity contribution < 1.29 is 0 Å². The summed E-state index contributed by atoms with van der Waals surface area (Å²) in [7, 11) is 0. The topological polar surface area (TPSA) is 6.48 Å². The molecule has 0 atom stereocenters. The van der Waals surface area contributed by atoms with Gasteiger partial charge in [0.2, 0.25) is 0 Å². The predicted molar refractivity (Wildman–Crippen MR) is 227 cm³/mol. The third kappa shape index (κ3) is 4.89. The molecule has 0 fully saturated rings. The minimum Gasteiger partial charge on any atom is -0.336 e. The van der Waals surface area contributed by atoms with Crippen molar-refractivity contribution in [2.24, 2.45) is 0 Å². The van der Waals surface area contributed by atoms with Crippen molar-refractivity contribution in [1.82, 2.24) is 0 Å². The fourth-order valence-electron chi connectivity index (χ4n) is 9.00. The molecule has 54 heavy (non-hydrogen) atoms. The molecule has 3 aliphatic rings. The van der Waals surface area contributed by atoms with Crippen LogP contribution in [-0.2, 0) is 5.54 Å². The third-order valence-electron chi connectivity index (χ3n) is 11.3. The van der Waals surface area contributed by atoms with E-state index in [9.17, 15) is 0 Å². The summed E-state index contributed by atoms with van der Waals surface area (Å²) < 4.78 is 0. The van der Waals surface area contributed by atoms with Crippen LogP contribution in [0.2, 0.25) is 0 Å². The fraction of sp³-hybridized carbons (Fsp3) is 0.140. The first kappa shape index (κ1) is 33.4. The summed E-state index contributed by atoms with van der Waals surface area (Å²) in [6, 6.07) is 62.6. The van der Waals surface area contributed by atoms with Crippen LogP contribution in [0.15, 0.2) is 183 Å². The highest BCUT2D eigenvalue weighted by Gasteiger charge is 2.55. The predicted octanol–water partition coefficient (Wildman–Crippen LogP) is 14.1. The number of hydrogen-bond acceptors (Lipinski definition) is 4. The quantitative estimate of drug-likeness (QED) is 0.168. The molecule has 0 bridgehead atoms. The van der Waals surface area contributed by atoms with Gasteiger partial charge >= 0.3 is 0 Å². The van der Waals surface area contributed by atoms with Crippen molar-refractivity contribution in [1.29, 1.82) is 0 Å². The van der Waals surface area contributed by atoms with E-state index in [-0.39, 0.29) is 0 Å². The number of para-hydroxylation sites is 3. The third-order valence-corrected chi connectivity index (χ3v) is 13.5. The smallest absolute Gasteiger partial charge is 0.124 e. The second kappa shape index (κ2) is 13.0. The Bertz CT molecular complexity index is 2400. The Morgan fingerprint density at radius 2 is 0.944 bits per heavy atom. The van der Waals surface area contributed by atoms with Crippen molar-refractivity contribution in [3.63, 3.8) is 0 Å². The molecule has 3 heterocycles. The van der Waals surface area contributed by atoms with Crippen molar-refractivity contribution in [2.75, 3.05) is 9.80 Å². The van der Waals surface area contributed by atoms with Gasteiger partial charge in [-0.25, -0.2) is 0 Å². The van der Waals surface area contributed by atoms with Gasteiger partial charge < -0.3 is 9.80 Å². The molecule has 2 nitrogen and oxygen atoms in total. The first-order valence-electron chi connectivity index (χ1n) is 19.0. The Kier molecular flexibility index (Phi) is 8.05. The van der Waals surface area contributed by atoms with Crippen LogP contribution in [-0.4, -0.2) is 0 Å². The summed E-state index contributed by atoms with van der Waals surface area (Å²) in [6.45, 7) is 9.38. The minimum absolute atomic E-state index is 0.310. The molecule has 0 aliphatic carbocycles. The molecule has 0 saturated carbocycles. The van der Waals surface area contributed by atoms with Gasteiger partial charge in [-0.15, -0.1) is 0 Å². The molecule has 1 radical (unpaired) electrons. The molecular weight excluding hydrogens is 693 g/mol. The highest BCUT2D eigenvalue weighted by atomic mass is 32.2. The zero-order chi connectivity index (χ0) is 36.6. The number of nitrogens with zero attached hydrogens (tertiary/aromatic N) is 2. The maximum atomic E-state index is 2.77. The largest absolute Gasteiger partial charge is 0.336 e. The van der Waals surface area contributed by atoms with Gasteiger partial charge in [-0.2, -0.15) is 0 Å². The summed E-state index contributed by atoms with van der Waals surface area (Å²) >= 11 is 3.80. The van der Waals surface area contributed by atoms with E-state index in [1.54, 1.807) is 0 Å². The molecule has 4 heteroatoms. The van der Waals surface area contributed by atoms with Gasteiger partial charge in [0.1, 0.15) is 11.6 Å². The van der Waals surface area contributed by atoms with Crippen molar-refractivity contribution in [2.45, 2.75) is 64.7 Å². The molecule has 3 aliphatic heterocycles. The van der Waals surface area contributed by atoms with Gasteiger partial charge in [-0.1, -0.05) is 179 Å². The van der Waals surface area contributed by atoms with Crippen LogP contribution in [0, 0.1) is 6.04 Å². The lowest BCUT2D eigenvalue weighted by Gasteiger charge is -2.47. The number of hydrogen-bond donors (Lipinski definition) is 0. The Morgan fingerprint density at radius 3 is 1.48 bits per heavy atom. The lowest BCUT2D eigenvalue weighted by atomic mass is 9.76. The van der Waals surface area contributed by atoms with E-state index in [4.69, 9.17) is 0 Å². The number of fused-ring (bicyclic) bond motifs is 5. The minimum atomic E-state index is -0.637.